The zero-order valence-electron chi connectivity index (χ0n) is 11.6. The van der Waals surface area contributed by atoms with E-state index in [9.17, 15) is 9.90 Å². The Morgan fingerprint density at radius 2 is 2.05 bits per heavy atom. The van der Waals surface area contributed by atoms with Crippen LogP contribution in [0.4, 0.5) is 0 Å². The molecule has 1 aliphatic heterocycles. The van der Waals surface area contributed by atoms with Crippen LogP contribution >= 0.6 is 15.9 Å². The topological polar surface area (TPSA) is 40.5 Å². The van der Waals surface area contributed by atoms with Crippen molar-refractivity contribution < 1.29 is 9.90 Å². The number of aliphatic hydroxyl groups is 1. The predicted molar refractivity (Wildman–Crippen MR) is 81.3 cm³/mol. The van der Waals surface area contributed by atoms with E-state index in [1.165, 1.54) is 0 Å². The average Bonchev–Trinajstić information content (AvgIpc) is 2.49. The quantitative estimate of drug-likeness (QED) is 0.903. The van der Waals surface area contributed by atoms with Gasteiger partial charge in [-0.3, -0.25) is 4.79 Å². The summed E-state index contributed by atoms with van der Waals surface area (Å²) in [6, 6.07) is 7.40. The largest absolute Gasteiger partial charge is 0.394 e. The molecule has 106 valence electrons. The molecular weight excluding hydrogens is 306 g/mol. The zero-order valence-corrected chi connectivity index (χ0v) is 13.2. The Hall–Kier alpha value is -0.870. The second-order valence-electron chi connectivity index (χ2n) is 4.31. The van der Waals surface area contributed by atoms with Gasteiger partial charge in [0.25, 0.3) is 5.91 Å². The highest BCUT2D eigenvalue weighted by Gasteiger charge is 2.27. The van der Waals surface area contributed by atoms with E-state index in [-0.39, 0.29) is 18.6 Å². The number of benzene rings is 1. The van der Waals surface area contributed by atoms with Gasteiger partial charge in [-0.05, 0) is 47.3 Å². The fourth-order valence-corrected chi connectivity index (χ4v) is 2.70. The van der Waals surface area contributed by atoms with E-state index in [1.54, 1.807) is 4.90 Å². The van der Waals surface area contributed by atoms with Crippen LogP contribution in [0.15, 0.2) is 28.7 Å². The molecule has 0 radical (unpaired) electrons. The second-order valence-corrected chi connectivity index (χ2v) is 5.16. The van der Waals surface area contributed by atoms with Crippen molar-refractivity contribution in [1.29, 1.82) is 0 Å². The van der Waals surface area contributed by atoms with Gasteiger partial charge in [-0.1, -0.05) is 26.0 Å². The maximum atomic E-state index is 12.4. The number of carbonyl (C=O) groups is 1. The normalized spacial score (nSPS) is 18.5. The summed E-state index contributed by atoms with van der Waals surface area (Å²) in [6.45, 7) is 4.79. The molecule has 0 bridgehead atoms. The second kappa shape index (κ2) is 8.33. The molecule has 1 aromatic rings. The monoisotopic (exact) mass is 327 g/mol. The third-order valence-electron chi connectivity index (χ3n) is 3.20. The Kier molecular flexibility index (Phi) is 7.10. The van der Waals surface area contributed by atoms with Gasteiger partial charge in [0.15, 0.2) is 0 Å². The minimum Gasteiger partial charge on any atom is -0.394 e. The molecular formula is C15H22BrNO2. The molecule has 2 rings (SSSR count). The van der Waals surface area contributed by atoms with E-state index in [0.29, 0.717) is 5.56 Å². The van der Waals surface area contributed by atoms with Crippen molar-refractivity contribution in [3.05, 3.63) is 34.3 Å². The maximum absolute atomic E-state index is 12.4. The van der Waals surface area contributed by atoms with E-state index in [0.717, 1.165) is 30.3 Å². The fraction of sp³-hybridized carbons (Fsp3) is 0.533. The van der Waals surface area contributed by atoms with E-state index in [4.69, 9.17) is 0 Å². The smallest absolute Gasteiger partial charge is 0.255 e. The van der Waals surface area contributed by atoms with Crippen LogP contribution in [-0.4, -0.2) is 35.1 Å². The number of carbonyl (C=O) groups excluding carboxylic acids is 1. The molecule has 0 aliphatic carbocycles. The van der Waals surface area contributed by atoms with Crippen molar-refractivity contribution in [3.63, 3.8) is 0 Å². The first-order valence-corrected chi connectivity index (χ1v) is 7.69. The van der Waals surface area contributed by atoms with E-state index in [1.807, 2.05) is 38.1 Å². The van der Waals surface area contributed by atoms with Gasteiger partial charge in [0.2, 0.25) is 0 Å². The van der Waals surface area contributed by atoms with Crippen LogP contribution < -0.4 is 0 Å². The SMILES string of the molecule is CC.O=C(c1ccccc1Br)N1CCCCC1CO. The third-order valence-corrected chi connectivity index (χ3v) is 3.89. The summed E-state index contributed by atoms with van der Waals surface area (Å²) >= 11 is 3.40. The highest BCUT2D eigenvalue weighted by molar-refractivity contribution is 9.10. The molecule has 1 heterocycles. The highest BCUT2D eigenvalue weighted by Crippen LogP contribution is 2.23. The first-order valence-electron chi connectivity index (χ1n) is 6.90. The Balaban J connectivity index is 0.000000861. The van der Waals surface area contributed by atoms with Gasteiger partial charge in [0, 0.05) is 11.0 Å². The standard InChI is InChI=1S/C13H16BrNO2.C2H6/c14-12-7-2-1-6-11(12)13(17)15-8-4-3-5-10(15)9-16;1-2/h1-2,6-7,10,16H,3-5,8-9H2;1-2H3. The summed E-state index contributed by atoms with van der Waals surface area (Å²) in [6.07, 6.45) is 3.00. The fourth-order valence-electron chi connectivity index (χ4n) is 2.25. The lowest BCUT2D eigenvalue weighted by Crippen LogP contribution is -2.45. The number of hydrogen-bond donors (Lipinski definition) is 1. The first-order chi connectivity index (χ1) is 9.24. The average molecular weight is 328 g/mol. The molecule has 1 amide bonds. The summed E-state index contributed by atoms with van der Waals surface area (Å²) < 4.78 is 0.812. The van der Waals surface area contributed by atoms with Gasteiger partial charge in [-0.15, -0.1) is 0 Å². The molecule has 19 heavy (non-hydrogen) atoms. The number of likely N-dealkylation sites (tertiary alicyclic amines) is 1. The van der Waals surface area contributed by atoms with Crippen molar-refractivity contribution in [2.24, 2.45) is 0 Å². The minimum absolute atomic E-state index is 0.0104. The van der Waals surface area contributed by atoms with E-state index in [2.05, 4.69) is 15.9 Å². The van der Waals surface area contributed by atoms with Crippen LogP contribution in [0.25, 0.3) is 0 Å². The molecule has 1 atom stereocenters. The highest BCUT2D eigenvalue weighted by atomic mass is 79.9. The Morgan fingerprint density at radius 1 is 1.37 bits per heavy atom. The van der Waals surface area contributed by atoms with E-state index >= 15 is 0 Å². The predicted octanol–water partition coefficient (Wildman–Crippen LogP) is 3.46. The third kappa shape index (κ3) is 4.05. The number of nitrogens with zero attached hydrogens (tertiary/aromatic N) is 1. The van der Waals surface area contributed by atoms with Crippen LogP contribution in [0, 0.1) is 0 Å². The van der Waals surface area contributed by atoms with Crippen molar-refractivity contribution in [2.75, 3.05) is 13.2 Å². The van der Waals surface area contributed by atoms with Gasteiger partial charge in [-0.2, -0.15) is 0 Å². The minimum atomic E-state index is -0.0247. The Bertz CT molecular complexity index is 409. The lowest BCUT2D eigenvalue weighted by molar-refractivity contribution is 0.0502. The number of amides is 1. The van der Waals surface area contributed by atoms with Gasteiger partial charge in [-0.25, -0.2) is 0 Å². The molecule has 1 unspecified atom stereocenters. The van der Waals surface area contributed by atoms with Gasteiger partial charge in [0.1, 0.15) is 0 Å². The summed E-state index contributed by atoms with van der Waals surface area (Å²) in [5.41, 5.74) is 0.674. The van der Waals surface area contributed by atoms with Gasteiger partial charge >= 0.3 is 0 Å². The molecule has 1 saturated heterocycles. The Labute approximate surface area is 123 Å². The van der Waals surface area contributed by atoms with Crippen LogP contribution in [-0.2, 0) is 0 Å². The lowest BCUT2D eigenvalue weighted by atomic mass is 10.0. The van der Waals surface area contributed by atoms with Gasteiger partial charge in [0.05, 0.1) is 18.2 Å². The summed E-state index contributed by atoms with van der Waals surface area (Å²) in [5.74, 6) is 0.0104. The molecule has 0 spiro atoms. The van der Waals surface area contributed by atoms with Gasteiger partial charge < -0.3 is 10.0 Å². The Morgan fingerprint density at radius 3 is 2.68 bits per heavy atom. The number of halogens is 1. The van der Waals surface area contributed by atoms with Crippen LogP contribution in [0.3, 0.4) is 0 Å². The summed E-state index contributed by atoms with van der Waals surface area (Å²) in [4.78, 5) is 14.2. The van der Waals surface area contributed by atoms with Crippen molar-refractivity contribution in [2.45, 2.75) is 39.2 Å². The van der Waals surface area contributed by atoms with Crippen LogP contribution in [0.1, 0.15) is 43.5 Å². The number of hydrogen-bond acceptors (Lipinski definition) is 2. The molecule has 1 aliphatic rings. The van der Waals surface area contributed by atoms with Crippen molar-refractivity contribution in [1.82, 2.24) is 4.90 Å². The van der Waals surface area contributed by atoms with Crippen LogP contribution in [0.2, 0.25) is 0 Å². The molecule has 1 fully saturated rings. The summed E-state index contributed by atoms with van der Waals surface area (Å²) in [5, 5.41) is 9.32. The number of aliphatic hydroxyl groups excluding tert-OH is 1. The zero-order chi connectivity index (χ0) is 14.3. The molecule has 1 aromatic carbocycles. The lowest BCUT2D eigenvalue weighted by Gasteiger charge is -2.34. The maximum Gasteiger partial charge on any atom is 0.255 e. The molecule has 3 nitrogen and oxygen atoms in total. The number of rotatable bonds is 2. The first kappa shape index (κ1) is 16.2. The number of piperidine rings is 1. The molecule has 4 heteroatoms. The molecule has 0 aromatic heterocycles. The molecule has 1 N–H and O–H groups in total. The van der Waals surface area contributed by atoms with Crippen LogP contribution in [0.5, 0.6) is 0 Å². The van der Waals surface area contributed by atoms with Crippen molar-refractivity contribution in [3.8, 4) is 0 Å². The van der Waals surface area contributed by atoms with E-state index < -0.39 is 0 Å². The summed E-state index contributed by atoms with van der Waals surface area (Å²) in [7, 11) is 0. The molecule has 0 saturated carbocycles. The van der Waals surface area contributed by atoms with Crippen molar-refractivity contribution >= 4 is 21.8 Å².